The summed E-state index contributed by atoms with van der Waals surface area (Å²) in [7, 11) is 4.05. The fourth-order valence-corrected chi connectivity index (χ4v) is 1.35. The quantitative estimate of drug-likeness (QED) is 0.721. The van der Waals surface area contributed by atoms with Gasteiger partial charge in [0.15, 0.2) is 0 Å². The zero-order chi connectivity index (χ0) is 12.0. The van der Waals surface area contributed by atoms with Gasteiger partial charge in [-0.3, -0.25) is 9.48 Å². The Morgan fingerprint density at radius 3 is 2.94 bits per heavy atom. The third-order valence-corrected chi connectivity index (χ3v) is 2.17. The Morgan fingerprint density at radius 2 is 2.31 bits per heavy atom. The Morgan fingerprint density at radius 1 is 1.56 bits per heavy atom. The lowest BCUT2D eigenvalue weighted by Crippen LogP contribution is -2.15. The maximum Gasteiger partial charge on any atom is 0.303 e. The monoisotopic (exact) mass is 226 g/mol. The number of aryl methyl sites for hydroxylation is 2. The molecule has 1 N–H and O–H groups in total. The molecule has 0 saturated heterocycles. The van der Waals surface area contributed by atoms with Crippen LogP contribution in [0.5, 0.6) is 0 Å². The molecule has 0 aliphatic heterocycles. The number of carboxylic acids is 1. The molecule has 0 spiro atoms. The fourth-order valence-electron chi connectivity index (χ4n) is 1.35. The van der Waals surface area contributed by atoms with Crippen LogP contribution in [-0.4, -0.2) is 51.6 Å². The van der Waals surface area contributed by atoms with E-state index in [-0.39, 0.29) is 6.42 Å². The first-order chi connectivity index (χ1) is 7.58. The van der Waals surface area contributed by atoms with Gasteiger partial charge in [0.1, 0.15) is 0 Å². The van der Waals surface area contributed by atoms with E-state index in [9.17, 15) is 4.79 Å². The zero-order valence-electron chi connectivity index (χ0n) is 9.76. The third kappa shape index (κ3) is 4.88. The van der Waals surface area contributed by atoms with Crippen molar-refractivity contribution in [2.75, 3.05) is 20.6 Å². The molecule has 90 valence electrons. The van der Waals surface area contributed by atoms with Gasteiger partial charge in [-0.25, -0.2) is 0 Å². The molecular weight excluding hydrogens is 208 g/mol. The average Bonchev–Trinajstić information content (AvgIpc) is 2.62. The van der Waals surface area contributed by atoms with Crippen LogP contribution in [0.3, 0.4) is 0 Å². The molecule has 0 amide bonds. The Kier molecular flexibility index (Phi) is 4.91. The standard InChI is InChI=1S/C10H18N4O2/c1-13(2)6-3-7-14-8-9(11-12-14)4-5-10(15)16/h8H,3-7H2,1-2H3,(H,15,16). The second-order valence-electron chi connectivity index (χ2n) is 4.02. The van der Waals surface area contributed by atoms with Crippen LogP contribution in [0.15, 0.2) is 6.20 Å². The smallest absolute Gasteiger partial charge is 0.303 e. The Labute approximate surface area is 94.9 Å². The summed E-state index contributed by atoms with van der Waals surface area (Å²) in [5.74, 6) is -0.804. The molecule has 0 aromatic carbocycles. The fraction of sp³-hybridized carbons (Fsp3) is 0.700. The average molecular weight is 226 g/mol. The Hall–Kier alpha value is -1.43. The molecule has 0 fully saturated rings. The summed E-state index contributed by atoms with van der Waals surface area (Å²) in [5.41, 5.74) is 0.743. The summed E-state index contributed by atoms with van der Waals surface area (Å²) in [4.78, 5) is 12.5. The van der Waals surface area contributed by atoms with Gasteiger partial charge in [-0.15, -0.1) is 5.10 Å². The van der Waals surface area contributed by atoms with Gasteiger partial charge in [0.25, 0.3) is 0 Å². The van der Waals surface area contributed by atoms with Crippen LogP contribution >= 0.6 is 0 Å². The van der Waals surface area contributed by atoms with Gasteiger partial charge in [-0.05, 0) is 27.1 Å². The van der Waals surface area contributed by atoms with E-state index in [2.05, 4.69) is 15.2 Å². The second kappa shape index (κ2) is 6.22. The lowest BCUT2D eigenvalue weighted by Gasteiger charge is -2.08. The molecular formula is C10H18N4O2. The van der Waals surface area contributed by atoms with E-state index in [4.69, 9.17) is 5.11 Å². The Bertz CT molecular complexity index is 335. The largest absolute Gasteiger partial charge is 0.481 e. The van der Waals surface area contributed by atoms with Crippen molar-refractivity contribution in [3.8, 4) is 0 Å². The van der Waals surface area contributed by atoms with Crippen molar-refractivity contribution in [3.63, 3.8) is 0 Å². The normalized spacial score (nSPS) is 10.9. The number of nitrogens with zero attached hydrogens (tertiary/aromatic N) is 4. The van der Waals surface area contributed by atoms with Crippen molar-refractivity contribution < 1.29 is 9.90 Å². The highest BCUT2D eigenvalue weighted by Gasteiger charge is 2.03. The van der Waals surface area contributed by atoms with Gasteiger partial charge in [0.2, 0.25) is 0 Å². The predicted molar refractivity (Wildman–Crippen MR) is 59.1 cm³/mol. The van der Waals surface area contributed by atoms with Crippen LogP contribution in [0.4, 0.5) is 0 Å². The van der Waals surface area contributed by atoms with E-state index < -0.39 is 5.97 Å². The molecule has 0 atom stereocenters. The van der Waals surface area contributed by atoms with Crippen LogP contribution in [0.1, 0.15) is 18.5 Å². The van der Waals surface area contributed by atoms with Gasteiger partial charge < -0.3 is 10.0 Å². The van der Waals surface area contributed by atoms with Gasteiger partial charge in [-0.2, -0.15) is 0 Å². The van der Waals surface area contributed by atoms with Gasteiger partial charge in [0.05, 0.1) is 12.1 Å². The van der Waals surface area contributed by atoms with Gasteiger partial charge in [0, 0.05) is 19.2 Å². The molecule has 0 saturated carbocycles. The molecule has 0 aliphatic carbocycles. The van der Waals surface area contributed by atoms with Crippen LogP contribution in [-0.2, 0) is 17.8 Å². The number of hydrogen-bond donors (Lipinski definition) is 1. The topological polar surface area (TPSA) is 71.2 Å². The molecule has 6 nitrogen and oxygen atoms in total. The molecule has 0 radical (unpaired) electrons. The second-order valence-corrected chi connectivity index (χ2v) is 4.02. The van der Waals surface area contributed by atoms with Crippen molar-refractivity contribution in [1.82, 2.24) is 19.9 Å². The number of rotatable bonds is 7. The van der Waals surface area contributed by atoms with Gasteiger partial charge in [-0.1, -0.05) is 5.21 Å². The third-order valence-electron chi connectivity index (χ3n) is 2.17. The van der Waals surface area contributed by atoms with E-state index in [0.29, 0.717) is 6.42 Å². The highest BCUT2D eigenvalue weighted by atomic mass is 16.4. The zero-order valence-corrected chi connectivity index (χ0v) is 9.76. The number of hydrogen-bond acceptors (Lipinski definition) is 4. The summed E-state index contributed by atoms with van der Waals surface area (Å²) in [6.45, 7) is 1.82. The van der Waals surface area contributed by atoms with E-state index in [1.807, 2.05) is 20.3 Å². The van der Waals surface area contributed by atoms with E-state index in [1.54, 1.807) is 4.68 Å². The number of carboxylic acid groups (broad SMARTS) is 1. The van der Waals surface area contributed by atoms with Crippen molar-refractivity contribution >= 4 is 5.97 Å². The first-order valence-electron chi connectivity index (χ1n) is 5.33. The SMILES string of the molecule is CN(C)CCCn1cc(CCC(=O)O)nn1. The summed E-state index contributed by atoms with van der Waals surface area (Å²) < 4.78 is 1.76. The van der Waals surface area contributed by atoms with Crippen molar-refractivity contribution in [1.29, 1.82) is 0 Å². The first kappa shape index (κ1) is 12.6. The molecule has 16 heavy (non-hydrogen) atoms. The molecule has 1 aromatic heterocycles. The maximum atomic E-state index is 10.4. The molecule has 0 bridgehead atoms. The summed E-state index contributed by atoms with van der Waals surface area (Å²) in [5, 5.41) is 16.4. The van der Waals surface area contributed by atoms with E-state index >= 15 is 0 Å². The van der Waals surface area contributed by atoms with Crippen molar-refractivity contribution in [2.24, 2.45) is 0 Å². The van der Waals surface area contributed by atoms with E-state index in [1.165, 1.54) is 0 Å². The predicted octanol–water partition coefficient (Wildman–Crippen LogP) is 0.247. The minimum absolute atomic E-state index is 0.108. The first-order valence-corrected chi connectivity index (χ1v) is 5.33. The minimum Gasteiger partial charge on any atom is -0.481 e. The number of aromatic nitrogens is 3. The molecule has 0 unspecified atom stereocenters. The maximum absolute atomic E-state index is 10.4. The number of aliphatic carboxylic acids is 1. The van der Waals surface area contributed by atoms with Crippen LogP contribution in [0.2, 0.25) is 0 Å². The molecule has 6 heteroatoms. The minimum atomic E-state index is -0.804. The highest BCUT2D eigenvalue weighted by molar-refractivity contribution is 5.66. The molecule has 1 heterocycles. The summed E-state index contributed by atoms with van der Waals surface area (Å²) in [6.07, 6.45) is 3.38. The summed E-state index contributed by atoms with van der Waals surface area (Å²) in [6, 6.07) is 0. The van der Waals surface area contributed by atoms with Crippen LogP contribution < -0.4 is 0 Å². The lowest BCUT2D eigenvalue weighted by molar-refractivity contribution is -0.136. The van der Waals surface area contributed by atoms with Crippen LogP contribution in [0, 0.1) is 0 Å². The number of carbonyl (C=O) groups is 1. The molecule has 1 aromatic rings. The van der Waals surface area contributed by atoms with Crippen molar-refractivity contribution in [3.05, 3.63) is 11.9 Å². The van der Waals surface area contributed by atoms with Crippen LogP contribution in [0.25, 0.3) is 0 Å². The highest BCUT2D eigenvalue weighted by Crippen LogP contribution is 1.99. The lowest BCUT2D eigenvalue weighted by atomic mass is 10.2. The van der Waals surface area contributed by atoms with E-state index in [0.717, 1.165) is 25.2 Å². The molecule has 0 aliphatic rings. The van der Waals surface area contributed by atoms with Gasteiger partial charge >= 0.3 is 5.97 Å². The molecule has 1 rings (SSSR count). The van der Waals surface area contributed by atoms with Crippen molar-refractivity contribution in [2.45, 2.75) is 25.8 Å². The summed E-state index contributed by atoms with van der Waals surface area (Å²) >= 11 is 0. The Balaban J connectivity index is 2.30.